The molecule has 1 aromatic heterocycles. The van der Waals surface area contributed by atoms with Gasteiger partial charge in [-0.05, 0) is 68.5 Å². The molecule has 4 heteroatoms. The van der Waals surface area contributed by atoms with Crippen molar-refractivity contribution in [3.8, 4) is 5.75 Å². The maximum atomic E-state index is 5.20. The third kappa shape index (κ3) is 5.10. The predicted molar refractivity (Wildman–Crippen MR) is 99.7 cm³/mol. The minimum Gasteiger partial charge on any atom is -0.497 e. The second-order valence-corrected chi connectivity index (χ2v) is 6.18. The summed E-state index contributed by atoms with van der Waals surface area (Å²) in [5.74, 6) is 1.70. The number of aryl methyl sites for hydroxylation is 1. The number of hydrogen-bond acceptors (Lipinski definition) is 3. The summed E-state index contributed by atoms with van der Waals surface area (Å²) >= 11 is 0. The molecule has 0 unspecified atom stereocenters. The molecule has 0 radical (unpaired) electrons. The number of nitrogens with one attached hydrogen (secondary N) is 1. The fraction of sp³-hybridized carbons (Fsp3) is 0.550. The largest absolute Gasteiger partial charge is 0.497 e. The first-order valence-electron chi connectivity index (χ1n) is 9.11. The van der Waals surface area contributed by atoms with Crippen LogP contribution in [0.5, 0.6) is 5.75 Å². The van der Waals surface area contributed by atoms with E-state index in [1.54, 1.807) is 7.11 Å². The van der Waals surface area contributed by atoms with Gasteiger partial charge in [0.25, 0.3) is 0 Å². The van der Waals surface area contributed by atoms with Crippen molar-refractivity contribution in [3.05, 3.63) is 47.3 Å². The molecular formula is C20H31N3O. The van der Waals surface area contributed by atoms with Crippen LogP contribution in [0.2, 0.25) is 0 Å². The summed E-state index contributed by atoms with van der Waals surface area (Å²) in [6, 6.07) is 8.20. The predicted octanol–water partition coefficient (Wildman–Crippen LogP) is 3.82. The van der Waals surface area contributed by atoms with Gasteiger partial charge < -0.3 is 10.1 Å². The Bertz CT molecular complexity index is 598. The molecule has 0 amide bonds. The second-order valence-electron chi connectivity index (χ2n) is 6.18. The van der Waals surface area contributed by atoms with Crippen molar-refractivity contribution < 1.29 is 4.74 Å². The highest BCUT2D eigenvalue weighted by Crippen LogP contribution is 2.20. The number of rotatable bonds is 5. The van der Waals surface area contributed by atoms with Gasteiger partial charge in [0.15, 0.2) is 0 Å². The molecule has 1 aliphatic heterocycles. The average molecular weight is 329 g/mol. The van der Waals surface area contributed by atoms with E-state index in [9.17, 15) is 0 Å². The minimum atomic E-state index is 0.804. The molecule has 0 aliphatic carbocycles. The van der Waals surface area contributed by atoms with Gasteiger partial charge in [-0.2, -0.15) is 5.10 Å². The maximum absolute atomic E-state index is 5.20. The molecule has 0 atom stereocenters. The van der Waals surface area contributed by atoms with Crippen LogP contribution in [0.15, 0.2) is 30.5 Å². The topological polar surface area (TPSA) is 39.1 Å². The van der Waals surface area contributed by atoms with E-state index in [0.29, 0.717) is 0 Å². The van der Waals surface area contributed by atoms with Crippen molar-refractivity contribution in [3.63, 3.8) is 0 Å². The molecule has 1 saturated heterocycles. The van der Waals surface area contributed by atoms with Gasteiger partial charge in [-0.1, -0.05) is 26.0 Å². The monoisotopic (exact) mass is 329 g/mol. The number of hydrogen-bond donors (Lipinski definition) is 1. The van der Waals surface area contributed by atoms with Gasteiger partial charge in [0.1, 0.15) is 5.75 Å². The summed E-state index contributed by atoms with van der Waals surface area (Å²) in [5, 5.41) is 8.12. The third-order valence-electron chi connectivity index (χ3n) is 4.52. The van der Waals surface area contributed by atoms with Crippen LogP contribution in [0.1, 0.15) is 43.5 Å². The molecule has 0 spiro atoms. The van der Waals surface area contributed by atoms with E-state index in [1.807, 2.05) is 26.0 Å². The maximum Gasteiger partial charge on any atom is 0.118 e. The van der Waals surface area contributed by atoms with Gasteiger partial charge in [-0.25, -0.2) is 0 Å². The zero-order valence-corrected chi connectivity index (χ0v) is 15.5. The normalized spacial score (nSPS) is 14.8. The number of nitrogens with zero attached hydrogens (tertiary/aromatic N) is 2. The molecule has 1 aliphatic rings. The number of aromatic nitrogens is 2. The first kappa shape index (κ1) is 18.5. The molecule has 4 nitrogen and oxygen atoms in total. The SMILES string of the molecule is CC.COc1ccc(Cn2cc(CC3CCNCC3)c(C)n2)cc1. The Kier molecular flexibility index (Phi) is 7.32. The van der Waals surface area contributed by atoms with E-state index in [4.69, 9.17) is 4.74 Å². The molecule has 2 aromatic rings. The summed E-state index contributed by atoms with van der Waals surface area (Å²) in [7, 11) is 1.69. The van der Waals surface area contributed by atoms with Crippen molar-refractivity contribution in [1.82, 2.24) is 15.1 Å². The van der Waals surface area contributed by atoms with Crippen LogP contribution in [0.3, 0.4) is 0 Å². The van der Waals surface area contributed by atoms with Crippen LogP contribution < -0.4 is 10.1 Å². The van der Waals surface area contributed by atoms with Crippen LogP contribution in [-0.2, 0) is 13.0 Å². The van der Waals surface area contributed by atoms with Gasteiger partial charge in [0.05, 0.1) is 19.3 Å². The van der Waals surface area contributed by atoms with Crippen LogP contribution in [0.25, 0.3) is 0 Å². The molecule has 24 heavy (non-hydrogen) atoms. The highest BCUT2D eigenvalue weighted by Gasteiger charge is 2.16. The van der Waals surface area contributed by atoms with Crippen LogP contribution in [0.4, 0.5) is 0 Å². The van der Waals surface area contributed by atoms with Gasteiger partial charge in [0.2, 0.25) is 0 Å². The number of methoxy groups -OCH3 is 1. The third-order valence-corrected chi connectivity index (χ3v) is 4.52. The quantitative estimate of drug-likeness (QED) is 0.906. The Morgan fingerprint density at radius 2 is 1.83 bits per heavy atom. The van der Waals surface area contributed by atoms with Gasteiger partial charge >= 0.3 is 0 Å². The summed E-state index contributed by atoms with van der Waals surface area (Å²) in [6.45, 7) is 9.26. The van der Waals surface area contributed by atoms with Crippen LogP contribution >= 0.6 is 0 Å². The highest BCUT2D eigenvalue weighted by molar-refractivity contribution is 5.27. The van der Waals surface area contributed by atoms with Crippen molar-refractivity contribution in [1.29, 1.82) is 0 Å². The standard InChI is InChI=1S/C18H25N3O.C2H6/c1-14-17(11-15-7-9-19-10-8-15)13-21(20-14)12-16-3-5-18(22-2)6-4-16;1-2/h3-6,13,15,19H,7-12H2,1-2H3;1-2H3. The lowest BCUT2D eigenvalue weighted by Crippen LogP contribution is -2.28. The minimum absolute atomic E-state index is 0.804. The van der Waals surface area contributed by atoms with E-state index in [0.717, 1.165) is 37.7 Å². The smallest absolute Gasteiger partial charge is 0.118 e. The number of benzene rings is 1. The van der Waals surface area contributed by atoms with E-state index >= 15 is 0 Å². The summed E-state index contributed by atoms with van der Waals surface area (Å²) < 4.78 is 7.26. The molecule has 0 bridgehead atoms. The summed E-state index contributed by atoms with van der Waals surface area (Å²) in [4.78, 5) is 0. The molecule has 1 fully saturated rings. The fourth-order valence-electron chi connectivity index (χ4n) is 3.16. The van der Waals surface area contributed by atoms with E-state index in [1.165, 1.54) is 29.7 Å². The van der Waals surface area contributed by atoms with Crippen molar-refractivity contribution in [2.24, 2.45) is 5.92 Å². The van der Waals surface area contributed by atoms with E-state index in [-0.39, 0.29) is 0 Å². The first-order valence-corrected chi connectivity index (χ1v) is 9.11. The first-order chi connectivity index (χ1) is 11.7. The number of ether oxygens (including phenoxy) is 1. The lowest BCUT2D eigenvalue weighted by atomic mass is 9.91. The molecule has 1 aromatic carbocycles. The fourth-order valence-corrected chi connectivity index (χ4v) is 3.16. The molecule has 132 valence electrons. The Hall–Kier alpha value is -1.81. The Labute approximate surface area is 146 Å². The summed E-state index contributed by atoms with van der Waals surface area (Å²) in [6.07, 6.45) is 5.95. The van der Waals surface area contributed by atoms with E-state index < -0.39 is 0 Å². The second kappa shape index (κ2) is 9.48. The molecule has 3 rings (SSSR count). The van der Waals surface area contributed by atoms with Crippen molar-refractivity contribution in [2.75, 3.05) is 20.2 Å². The summed E-state index contributed by atoms with van der Waals surface area (Å²) in [5.41, 5.74) is 3.82. The lowest BCUT2D eigenvalue weighted by Gasteiger charge is -2.22. The van der Waals surface area contributed by atoms with Gasteiger partial charge in [-0.3, -0.25) is 4.68 Å². The van der Waals surface area contributed by atoms with E-state index in [2.05, 4.69) is 40.4 Å². The lowest BCUT2D eigenvalue weighted by molar-refractivity contribution is 0.372. The van der Waals surface area contributed by atoms with Crippen LogP contribution in [-0.4, -0.2) is 30.0 Å². The molecule has 0 saturated carbocycles. The van der Waals surface area contributed by atoms with Crippen molar-refractivity contribution >= 4 is 0 Å². The van der Waals surface area contributed by atoms with Crippen molar-refractivity contribution in [2.45, 2.75) is 46.6 Å². The van der Waals surface area contributed by atoms with Gasteiger partial charge in [-0.15, -0.1) is 0 Å². The molecular weight excluding hydrogens is 298 g/mol. The van der Waals surface area contributed by atoms with Gasteiger partial charge in [0, 0.05) is 6.20 Å². The average Bonchev–Trinajstić information content (AvgIpc) is 2.97. The zero-order valence-electron chi connectivity index (χ0n) is 15.5. The zero-order chi connectivity index (χ0) is 17.4. The molecule has 1 N–H and O–H groups in total. The number of piperidine rings is 1. The Morgan fingerprint density at radius 1 is 1.17 bits per heavy atom. The van der Waals surface area contributed by atoms with Crippen LogP contribution in [0, 0.1) is 12.8 Å². The highest BCUT2D eigenvalue weighted by atomic mass is 16.5. The Balaban J connectivity index is 0.00000100. The molecule has 2 heterocycles. The Morgan fingerprint density at radius 3 is 2.46 bits per heavy atom.